The van der Waals surface area contributed by atoms with Gasteiger partial charge in [-0.3, -0.25) is 10.00 Å². The van der Waals surface area contributed by atoms with Crippen LogP contribution >= 0.6 is 0 Å². The second-order valence-electron chi connectivity index (χ2n) is 8.12. The van der Waals surface area contributed by atoms with Crippen LogP contribution in [0.4, 0.5) is 5.82 Å². The number of aromatic nitrogens is 3. The summed E-state index contributed by atoms with van der Waals surface area (Å²) in [7, 11) is 2.11. The van der Waals surface area contributed by atoms with Crippen molar-refractivity contribution >= 4 is 16.7 Å². The van der Waals surface area contributed by atoms with Crippen LogP contribution in [0.3, 0.4) is 0 Å². The molecule has 0 radical (unpaired) electrons. The van der Waals surface area contributed by atoms with Crippen LogP contribution < -0.4 is 4.90 Å². The van der Waals surface area contributed by atoms with Crippen LogP contribution in [0.15, 0.2) is 30.3 Å². The van der Waals surface area contributed by atoms with E-state index in [0.717, 1.165) is 55.2 Å². The molecule has 0 bridgehead atoms. The molecule has 0 aliphatic carbocycles. The molecule has 1 saturated heterocycles. The molecule has 3 heterocycles. The van der Waals surface area contributed by atoms with Crippen LogP contribution in [0.2, 0.25) is 0 Å². The fourth-order valence-corrected chi connectivity index (χ4v) is 4.05. The lowest BCUT2D eigenvalue weighted by Crippen LogP contribution is -2.39. The number of benzene rings is 1. The third-order valence-electron chi connectivity index (χ3n) is 5.35. The standard InChI is InChI=1S/C22H29N5O/c1-15-6-7-21-17(9-15)11-18(12-26(3)13-19-10-16(2)24-25-19)22(23-21)27-8-4-5-20(28)14-27/h6-7,9-11,20,28H,4-5,8,12-14H2,1-3H3,(H,24,25)/t20-/m0/s1. The van der Waals surface area contributed by atoms with Crippen LogP contribution in [0, 0.1) is 13.8 Å². The summed E-state index contributed by atoms with van der Waals surface area (Å²) < 4.78 is 0. The van der Waals surface area contributed by atoms with E-state index in [1.807, 2.05) is 6.92 Å². The summed E-state index contributed by atoms with van der Waals surface area (Å²) in [6.07, 6.45) is 1.59. The molecule has 0 amide bonds. The van der Waals surface area contributed by atoms with Crippen LogP contribution in [-0.4, -0.2) is 51.4 Å². The number of aromatic amines is 1. The maximum absolute atomic E-state index is 10.2. The first-order valence-corrected chi connectivity index (χ1v) is 10.0. The first-order chi connectivity index (χ1) is 13.5. The van der Waals surface area contributed by atoms with Gasteiger partial charge in [-0.15, -0.1) is 0 Å². The lowest BCUT2D eigenvalue weighted by atomic mass is 10.1. The minimum Gasteiger partial charge on any atom is -0.391 e. The van der Waals surface area contributed by atoms with Crippen LogP contribution in [0.1, 0.15) is 35.4 Å². The molecule has 148 valence electrons. The first-order valence-electron chi connectivity index (χ1n) is 10.0. The molecule has 6 nitrogen and oxygen atoms in total. The molecule has 3 aromatic rings. The second kappa shape index (κ2) is 7.89. The van der Waals surface area contributed by atoms with Gasteiger partial charge >= 0.3 is 0 Å². The highest BCUT2D eigenvalue weighted by Crippen LogP contribution is 2.28. The molecule has 6 heteroatoms. The van der Waals surface area contributed by atoms with Gasteiger partial charge in [-0.2, -0.15) is 5.10 Å². The van der Waals surface area contributed by atoms with Crippen molar-refractivity contribution in [1.82, 2.24) is 20.1 Å². The fourth-order valence-electron chi connectivity index (χ4n) is 4.05. The number of nitrogens with zero attached hydrogens (tertiary/aromatic N) is 4. The van der Waals surface area contributed by atoms with Gasteiger partial charge in [0.15, 0.2) is 0 Å². The maximum Gasteiger partial charge on any atom is 0.133 e. The number of hydrogen-bond donors (Lipinski definition) is 2. The topological polar surface area (TPSA) is 68.3 Å². The Bertz CT molecular complexity index is 967. The first kappa shape index (κ1) is 18.9. The van der Waals surface area contributed by atoms with E-state index in [4.69, 9.17) is 4.98 Å². The number of nitrogens with one attached hydrogen (secondary N) is 1. The number of piperidine rings is 1. The Morgan fingerprint density at radius 2 is 2.07 bits per heavy atom. The van der Waals surface area contributed by atoms with E-state index in [1.54, 1.807) is 0 Å². The van der Waals surface area contributed by atoms with Gasteiger partial charge in [-0.1, -0.05) is 11.6 Å². The van der Waals surface area contributed by atoms with E-state index in [0.29, 0.717) is 6.54 Å². The van der Waals surface area contributed by atoms with Gasteiger partial charge < -0.3 is 10.0 Å². The largest absolute Gasteiger partial charge is 0.391 e. The van der Waals surface area contributed by atoms with Crippen LogP contribution in [-0.2, 0) is 13.1 Å². The Morgan fingerprint density at radius 1 is 1.21 bits per heavy atom. The molecule has 1 atom stereocenters. The van der Waals surface area contributed by atoms with Gasteiger partial charge in [-0.25, -0.2) is 4.98 Å². The molecule has 1 aliphatic heterocycles. The predicted octanol–water partition coefficient (Wildman–Crippen LogP) is 3.17. The maximum atomic E-state index is 10.2. The second-order valence-corrected chi connectivity index (χ2v) is 8.12. The van der Waals surface area contributed by atoms with E-state index in [9.17, 15) is 5.11 Å². The average Bonchev–Trinajstić information content (AvgIpc) is 3.05. The minimum absolute atomic E-state index is 0.276. The van der Waals surface area contributed by atoms with E-state index in [1.165, 1.54) is 16.5 Å². The van der Waals surface area contributed by atoms with Crippen molar-refractivity contribution in [1.29, 1.82) is 0 Å². The highest BCUT2D eigenvalue weighted by Gasteiger charge is 2.22. The summed E-state index contributed by atoms with van der Waals surface area (Å²) in [6.45, 7) is 7.28. The van der Waals surface area contributed by atoms with Crippen molar-refractivity contribution in [3.8, 4) is 0 Å². The molecule has 1 aromatic carbocycles. The zero-order valence-electron chi connectivity index (χ0n) is 16.9. The SMILES string of the molecule is Cc1ccc2nc(N3CCC[C@H](O)C3)c(CN(C)Cc3cc(C)[nH]n3)cc2c1. The summed E-state index contributed by atoms with van der Waals surface area (Å²) in [5.41, 5.74) is 5.56. The summed E-state index contributed by atoms with van der Waals surface area (Å²) in [4.78, 5) is 9.51. The zero-order chi connectivity index (χ0) is 19.7. The number of hydrogen-bond acceptors (Lipinski definition) is 5. The van der Waals surface area contributed by atoms with E-state index >= 15 is 0 Å². The Morgan fingerprint density at radius 3 is 2.82 bits per heavy atom. The normalized spacial score (nSPS) is 17.6. The number of rotatable bonds is 5. The fraction of sp³-hybridized carbons (Fsp3) is 0.455. The summed E-state index contributed by atoms with van der Waals surface area (Å²) >= 11 is 0. The van der Waals surface area contributed by atoms with Crippen LogP contribution in [0.5, 0.6) is 0 Å². The average molecular weight is 380 g/mol. The monoisotopic (exact) mass is 379 g/mol. The molecule has 0 spiro atoms. The third kappa shape index (κ3) is 4.18. The number of anilines is 1. The highest BCUT2D eigenvalue weighted by molar-refractivity contribution is 5.82. The molecule has 28 heavy (non-hydrogen) atoms. The lowest BCUT2D eigenvalue weighted by molar-refractivity contribution is 0.153. The van der Waals surface area contributed by atoms with Gasteiger partial charge in [-0.05, 0) is 58.0 Å². The van der Waals surface area contributed by atoms with Crippen molar-refractivity contribution < 1.29 is 5.11 Å². The smallest absolute Gasteiger partial charge is 0.133 e. The highest BCUT2D eigenvalue weighted by atomic mass is 16.3. The number of aliphatic hydroxyl groups is 1. The van der Waals surface area contributed by atoms with Crippen molar-refractivity contribution in [3.63, 3.8) is 0 Å². The molecule has 2 N–H and O–H groups in total. The molecule has 1 fully saturated rings. The third-order valence-corrected chi connectivity index (χ3v) is 5.35. The van der Waals surface area contributed by atoms with Gasteiger partial charge in [0.25, 0.3) is 0 Å². The molecular formula is C22H29N5O. The number of β-amino-alcohol motifs (C(OH)–C–C–N with tert-alkyl or cyclic N) is 1. The van der Waals surface area contributed by atoms with Gasteiger partial charge in [0.05, 0.1) is 17.3 Å². The number of fused-ring (bicyclic) bond motifs is 1. The summed E-state index contributed by atoms with van der Waals surface area (Å²) in [5.74, 6) is 1.00. The molecule has 1 aliphatic rings. The number of aryl methyl sites for hydroxylation is 2. The van der Waals surface area contributed by atoms with Crippen molar-refractivity contribution in [2.75, 3.05) is 25.0 Å². The molecule has 0 unspecified atom stereocenters. The van der Waals surface area contributed by atoms with Gasteiger partial charge in [0, 0.05) is 42.8 Å². The van der Waals surface area contributed by atoms with Crippen molar-refractivity contribution in [2.45, 2.75) is 45.9 Å². The zero-order valence-corrected chi connectivity index (χ0v) is 16.9. The Kier molecular flexibility index (Phi) is 5.33. The number of pyridine rings is 1. The van der Waals surface area contributed by atoms with Crippen LogP contribution in [0.25, 0.3) is 10.9 Å². The molecular weight excluding hydrogens is 350 g/mol. The Labute approximate surface area is 166 Å². The lowest BCUT2D eigenvalue weighted by Gasteiger charge is -2.33. The van der Waals surface area contributed by atoms with E-state index < -0.39 is 0 Å². The molecule has 2 aromatic heterocycles. The van der Waals surface area contributed by atoms with Gasteiger partial charge in [0.1, 0.15) is 5.82 Å². The summed E-state index contributed by atoms with van der Waals surface area (Å²) in [6, 6.07) is 10.7. The van der Waals surface area contributed by atoms with E-state index in [2.05, 4.69) is 64.3 Å². The van der Waals surface area contributed by atoms with Gasteiger partial charge in [0.2, 0.25) is 0 Å². The summed E-state index contributed by atoms with van der Waals surface area (Å²) in [5, 5.41) is 18.7. The predicted molar refractivity (Wildman–Crippen MR) is 112 cm³/mol. The molecule has 4 rings (SSSR count). The minimum atomic E-state index is -0.276. The Hall–Kier alpha value is -2.44. The van der Waals surface area contributed by atoms with Crippen molar-refractivity contribution in [3.05, 3.63) is 52.8 Å². The quantitative estimate of drug-likeness (QED) is 0.713. The number of aliphatic hydroxyl groups excluding tert-OH is 1. The molecule has 0 saturated carbocycles. The van der Waals surface area contributed by atoms with E-state index in [-0.39, 0.29) is 6.10 Å². The van der Waals surface area contributed by atoms with Crippen molar-refractivity contribution in [2.24, 2.45) is 0 Å². The Balaban J connectivity index is 1.66. The number of H-pyrrole nitrogens is 1.